The number of rotatable bonds is 12. The van der Waals surface area contributed by atoms with Gasteiger partial charge in [-0.3, -0.25) is 0 Å². The molecule has 0 aliphatic heterocycles. The summed E-state index contributed by atoms with van der Waals surface area (Å²) in [7, 11) is 8.81. The van der Waals surface area contributed by atoms with Gasteiger partial charge in [-0.1, -0.05) is 19.9 Å². The Balaban J connectivity index is 0.00000456. The number of benzene rings is 2. The van der Waals surface area contributed by atoms with Gasteiger partial charge in [0.2, 0.25) is 0 Å². The van der Waals surface area contributed by atoms with E-state index in [0.29, 0.717) is 5.92 Å². The minimum Gasteiger partial charge on any atom is -0.493 e. The van der Waals surface area contributed by atoms with Crippen LogP contribution in [0.15, 0.2) is 30.3 Å². The Morgan fingerprint density at radius 2 is 1.53 bits per heavy atom. The Morgan fingerprint density at radius 1 is 0.917 bits per heavy atom. The predicted octanol–water partition coefficient (Wildman–Crippen LogP) is 5.51. The van der Waals surface area contributed by atoms with Crippen LogP contribution in [-0.4, -0.2) is 64.2 Å². The van der Waals surface area contributed by atoms with Crippen molar-refractivity contribution in [2.45, 2.75) is 57.5 Å². The first-order valence-corrected chi connectivity index (χ1v) is 12.6. The van der Waals surface area contributed by atoms with Crippen LogP contribution in [0.4, 0.5) is 0 Å². The molecule has 1 aliphatic carbocycles. The molecule has 0 saturated carbocycles. The Labute approximate surface area is 223 Å². The Morgan fingerprint density at radius 3 is 2.14 bits per heavy atom. The lowest BCUT2D eigenvalue weighted by molar-refractivity contribution is -0.0301. The molecule has 0 fully saturated rings. The van der Waals surface area contributed by atoms with Crippen LogP contribution in [0.5, 0.6) is 23.0 Å². The Kier molecular flexibility index (Phi) is 11.2. The first-order chi connectivity index (χ1) is 16.8. The van der Waals surface area contributed by atoms with Crippen molar-refractivity contribution in [2.24, 2.45) is 5.92 Å². The highest BCUT2D eigenvalue weighted by Crippen LogP contribution is 2.48. The first-order valence-electron chi connectivity index (χ1n) is 12.6. The zero-order valence-corrected chi connectivity index (χ0v) is 23.7. The molecule has 0 bridgehead atoms. The monoisotopic (exact) mass is 521 g/mol. The van der Waals surface area contributed by atoms with Crippen LogP contribution in [0, 0.1) is 5.92 Å². The van der Waals surface area contributed by atoms with Crippen LogP contribution in [-0.2, 0) is 12.8 Å². The van der Waals surface area contributed by atoms with Gasteiger partial charge in [-0.25, -0.2) is 0 Å². The summed E-state index contributed by atoms with van der Waals surface area (Å²) in [4.78, 5) is 2.33. The third-order valence-electron chi connectivity index (χ3n) is 7.43. The van der Waals surface area contributed by atoms with Crippen molar-refractivity contribution in [1.82, 2.24) is 4.90 Å². The molecule has 2 atom stereocenters. The Bertz CT molecular complexity index is 982. The van der Waals surface area contributed by atoms with Crippen molar-refractivity contribution >= 4 is 12.4 Å². The number of methoxy groups -OCH3 is 4. The molecule has 0 saturated heterocycles. The molecular formula is C29H44ClNO5. The molecule has 0 heterocycles. The highest BCUT2D eigenvalue weighted by molar-refractivity contribution is 5.85. The molecule has 6 nitrogen and oxygen atoms in total. The van der Waals surface area contributed by atoms with E-state index in [-0.39, 0.29) is 18.3 Å². The van der Waals surface area contributed by atoms with Gasteiger partial charge in [0, 0.05) is 12.5 Å². The van der Waals surface area contributed by atoms with E-state index < -0.39 is 5.60 Å². The van der Waals surface area contributed by atoms with Gasteiger partial charge in [-0.05, 0) is 92.6 Å². The summed E-state index contributed by atoms with van der Waals surface area (Å²) in [5, 5.41) is 11.9. The van der Waals surface area contributed by atoms with Gasteiger partial charge < -0.3 is 29.0 Å². The highest BCUT2D eigenvalue weighted by Gasteiger charge is 2.43. The lowest BCUT2D eigenvalue weighted by atomic mass is 9.66. The predicted molar refractivity (Wildman–Crippen MR) is 148 cm³/mol. The number of halogens is 1. The van der Waals surface area contributed by atoms with Gasteiger partial charge in [0.1, 0.15) is 0 Å². The lowest BCUT2D eigenvalue weighted by Crippen LogP contribution is -2.45. The highest BCUT2D eigenvalue weighted by atomic mass is 35.5. The van der Waals surface area contributed by atoms with E-state index in [9.17, 15) is 5.11 Å². The number of ether oxygens (including phenoxy) is 4. The molecular weight excluding hydrogens is 478 g/mol. The molecule has 7 heteroatoms. The summed E-state index contributed by atoms with van der Waals surface area (Å²) in [6.07, 6.45) is 4.36. The molecule has 1 N–H and O–H groups in total. The van der Waals surface area contributed by atoms with E-state index in [1.165, 1.54) is 16.7 Å². The molecule has 2 aromatic rings. The molecule has 2 aromatic carbocycles. The lowest BCUT2D eigenvalue weighted by Gasteiger charge is -2.44. The van der Waals surface area contributed by atoms with E-state index in [0.717, 1.165) is 68.2 Å². The zero-order valence-electron chi connectivity index (χ0n) is 22.9. The molecule has 0 spiro atoms. The molecule has 0 aromatic heterocycles. The van der Waals surface area contributed by atoms with Gasteiger partial charge in [0.05, 0.1) is 34.0 Å². The first kappa shape index (κ1) is 30.1. The van der Waals surface area contributed by atoms with Gasteiger partial charge in [0.15, 0.2) is 23.0 Å². The fourth-order valence-corrected chi connectivity index (χ4v) is 5.58. The van der Waals surface area contributed by atoms with E-state index in [2.05, 4.69) is 50.1 Å². The Hall–Kier alpha value is -2.15. The van der Waals surface area contributed by atoms with Crippen molar-refractivity contribution in [3.05, 3.63) is 47.0 Å². The number of fused-ring (bicyclic) bond motifs is 1. The maximum absolute atomic E-state index is 11.9. The van der Waals surface area contributed by atoms with E-state index in [1.54, 1.807) is 28.4 Å². The van der Waals surface area contributed by atoms with Crippen LogP contribution in [0.2, 0.25) is 0 Å². The second kappa shape index (κ2) is 13.4. The van der Waals surface area contributed by atoms with Crippen molar-refractivity contribution in [3.8, 4) is 23.0 Å². The molecule has 1 aliphatic rings. The summed E-state index contributed by atoms with van der Waals surface area (Å²) in [6, 6.07) is 10.3. The van der Waals surface area contributed by atoms with Crippen LogP contribution in [0.1, 0.15) is 55.7 Å². The standard InChI is InChI=1S/C29H43NO5.ClH/c1-20(2)28-23-19-27(35-7)26(34-6)18-22(23)12-13-29(28,31)14-16-30(3)15-8-9-21-10-11-24(32-4)25(17-21)33-5;/h10-11,17-20,28,31H,8-9,12-16H2,1-7H3;1H/t28-,29-;/m0./s1. The third-order valence-corrected chi connectivity index (χ3v) is 7.43. The van der Waals surface area contributed by atoms with E-state index in [4.69, 9.17) is 18.9 Å². The molecule has 0 radical (unpaired) electrons. The second-order valence-corrected chi connectivity index (χ2v) is 10.1. The van der Waals surface area contributed by atoms with Gasteiger partial charge in [-0.15, -0.1) is 12.4 Å². The smallest absolute Gasteiger partial charge is 0.161 e. The number of hydrogen-bond acceptors (Lipinski definition) is 6. The molecule has 202 valence electrons. The summed E-state index contributed by atoms with van der Waals surface area (Å²) in [6.45, 7) is 6.23. The van der Waals surface area contributed by atoms with Crippen molar-refractivity contribution in [3.63, 3.8) is 0 Å². The van der Waals surface area contributed by atoms with Crippen LogP contribution in [0.25, 0.3) is 0 Å². The molecule has 36 heavy (non-hydrogen) atoms. The van der Waals surface area contributed by atoms with Crippen molar-refractivity contribution in [1.29, 1.82) is 0 Å². The van der Waals surface area contributed by atoms with Crippen LogP contribution >= 0.6 is 12.4 Å². The largest absolute Gasteiger partial charge is 0.493 e. The average Bonchev–Trinajstić information content (AvgIpc) is 2.86. The quantitative estimate of drug-likeness (QED) is 0.397. The van der Waals surface area contributed by atoms with Crippen molar-refractivity contribution < 1.29 is 24.1 Å². The maximum atomic E-state index is 11.9. The van der Waals surface area contributed by atoms with Gasteiger partial charge >= 0.3 is 0 Å². The fraction of sp³-hybridized carbons (Fsp3) is 0.586. The van der Waals surface area contributed by atoms with Crippen LogP contribution in [0.3, 0.4) is 0 Å². The second-order valence-electron chi connectivity index (χ2n) is 10.1. The summed E-state index contributed by atoms with van der Waals surface area (Å²) in [5.74, 6) is 3.39. The topological polar surface area (TPSA) is 60.4 Å². The number of aliphatic hydroxyl groups is 1. The molecule has 0 amide bonds. The number of nitrogens with zero attached hydrogens (tertiary/aromatic N) is 1. The number of hydrogen-bond donors (Lipinski definition) is 1. The third kappa shape index (κ3) is 6.78. The zero-order chi connectivity index (χ0) is 25.6. The average molecular weight is 522 g/mol. The van der Waals surface area contributed by atoms with E-state index in [1.807, 2.05) is 6.07 Å². The summed E-state index contributed by atoms with van der Waals surface area (Å²) in [5.41, 5.74) is 2.96. The normalized spacial score (nSPS) is 19.0. The van der Waals surface area contributed by atoms with Crippen LogP contribution < -0.4 is 18.9 Å². The molecule has 3 rings (SSSR count). The van der Waals surface area contributed by atoms with E-state index >= 15 is 0 Å². The van der Waals surface area contributed by atoms with Crippen molar-refractivity contribution in [2.75, 3.05) is 48.6 Å². The fourth-order valence-electron chi connectivity index (χ4n) is 5.58. The minimum atomic E-state index is -0.738. The van der Waals surface area contributed by atoms with Gasteiger partial charge in [0.25, 0.3) is 0 Å². The summed E-state index contributed by atoms with van der Waals surface area (Å²) >= 11 is 0. The molecule has 0 unspecified atom stereocenters. The van der Waals surface area contributed by atoms with Gasteiger partial charge in [-0.2, -0.15) is 0 Å². The number of aryl methyl sites for hydroxylation is 2. The minimum absolute atomic E-state index is 0. The summed E-state index contributed by atoms with van der Waals surface area (Å²) < 4.78 is 21.9. The maximum Gasteiger partial charge on any atom is 0.161 e. The SMILES string of the molecule is COc1ccc(CCCN(C)CC[C@@]2(O)CCc3cc(OC)c(OC)cc3[C@@H]2C(C)C)cc1OC.Cl.